The maximum atomic E-state index is 13.1. The first-order valence-electron chi connectivity index (χ1n) is 13.3. The lowest BCUT2D eigenvalue weighted by atomic mass is 9.62. The standard InChI is InChI=1S/C32H35NO6/c1-21-6-10-23(11-7-21)30(36)38-27-15-14-25(18-28(27)39-31(37)24-12-8-22(2)9-13-24)26(20-33)32(19-29(34)35)16-4-3-5-17-32/h6-15,18,26H,3-5,16-17,19-20,33H2,1-2H3,(H,34,35). The topological polar surface area (TPSA) is 116 Å². The Balaban J connectivity index is 1.71. The van der Waals surface area contributed by atoms with Crippen molar-refractivity contribution >= 4 is 17.9 Å². The number of benzene rings is 3. The number of ether oxygens (including phenoxy) is 2. The number of aliphatic carboxylic acids is 1. The summed E-state index contributed by atoms with van der Waals surface area (Å²) >= 11 is 0. The summed E-state index contributed by atoms with van der Waals surface area (Å²) in [7, 11) is 0. The summed E-state index contributed by atoms with van der Waals surface area (Å²) in [6.45, 7) is 4.08. The van der Waals surface area contributed by atoms with Gasteiger partial charge in [-0.1, -0.05) is 60.7 Å². The summed E-state index contributed by atoms with van der Waals surface area (Å²) in [6, 6.07) is 19.0. The van der Waals surface area contributed by atoms with Gasteiger partial charge >= 0.3 is 17.9 Å². The molecule has 0 aromatic heterocycles. The Morgan fingerprint density at radius 1 is 0.795 bits per heavy atom. The third-order valence-corrected chi connectivity index (χ3v) is 7.68. The zero-order valence-electron chi connectivity index (χ0n) is 22.4. The molecule has 7 heteroatoms. The number of hydrogen-bond donors (Lipinski definition) is 2. The second kappa shape index (κ2) is 12.3. The van der Waals surface area contributed by atoms with Crippen molar-refractivity contribution in [3.63, 3.8) is 0 Å². The Morgan fingerprint density at radius 3 is 1.79 bits per heavy atom. The molecular weight excluding hydrogens is 494 g/mol. The maximum absolute atomic E-state index is 13.1. The largest absolute Gasteiger partial charge is 0.481 e. The van der Waals surface area contributed by atoms with E-state index in [1.165, 1.54) is 0 Å². The van der Waals surface area contributed by atoms with Gasteiger partial charge in [-0.3, -0.25) is 4.79 Å². The molecule has 0 radical (unpaired) electrons. The molecule has 0 saturated heterocycles. The summed E-state index contributed by atoms with van der Waals surface area (Å²) in [5.74, 6) is -2.13. The van der Waals surface area contributed by atoms with Gasteiger partial charge in [0.1, 0.15) is 0 Å². The van der Waals surface area contributed by atoms with Gasteiger partial charge in [-0.15, -0.1) is 0 Å². The van der Waals surface area contributed by atoms with E-state index in [4.69, 9.17) is 15.2 Å². The fourth-order valence-corrected chi connectivity index (χ4v) is 5.55. The van der Waals surface area contributed by atoms with E-state index in [2.05, 4.69) is 0 Å². The highest BCUT2D eigenvalue weighted by Crippen LogP contribution is 2.50. The molecule has 4 rings (SSSR count). The minimum Gasteiger partial charge on any atom is -0.481 e. The molecule has 1 unspecified atom stereocenters. The fourth-order valence-electron chi connectivity index (χ4n) is 5.55. The van der Waals surface area contributed by atoms with E-state index >= 15 is 0 Å². The van der Waals surface area contributed by atoms with E-state index in [-0.39, 0.29) is 30.4 Å². The highest BCUT2D eigenvalue weighted by molar-refractivity contribution is 5.93. The highest BCUT2D eigenvalue weighted by atomic mass is 16.6. The predicted octanol–water partition coefficient (Wildman–Crippen LogP) is 6.21. The summed E-state index contributed by atoms with van der Waals surface area (Å²) in [5, 5.41) is 9.74. The van der Waals surface area contributed by atoms with Crippen LogP contribution in [0.2, 0.25) is 0 Å². The van der Waals surface area contributed by atoms with E-state index in [0.717, 1.165) is 48.8 Å². The normalized spacial score (nSPS) is 15.3. The van der Waals surface area contributed by atoms with Crippen molar-refractivity contribution in [1.82, 2.24) is 0 Å². The molecular formula is C32H35NO6. The van der Waals surface area contributed by atoms with Crippen molar-refractivity contribution in [3.05, 3.63) is 94.5 Å². The van der Waals surface area contributed by atoms with E-state index in [9.17, 15) is 19.5 Å². The predicted molar refractivity (Wildman–Crippen MR) is 148 cm³/mol. The molecule has 0 amide bonds. The molecule has 1 fully saturated rings. The van der Waals surface area contributed by atoms with Crippen molar-refractivity contribution in [3.8, 4) is 11.5 Å². The lowest BCUT2D eigenvalue weighted by Gasteiger charge is -2.43. The molecule has 39 heavy (non-hydrogen) atoms. The summed E-state index contributed by atoms with van der Waals surface area (Å²) in [5.41, 5.74) is 9.25. The number of carbonyl (C=O) groups excluding carboxylic acids is 2. The van der Waals surface area contributed by atoms with E-state index in [1.54, 1.807) is 42.5 Å². The molecule has 0 aliphatic heterocycles. The molecule has 1 aliphatic carbocycles. The van der Waals surface area contributed by atoms with Gasteiger partial charge in [-0.25, -0.2) is 9.59 Å². The van der Waals surface area contributed by atoms with Gasteiger partial charge in [-0.05, 0) is 80.6 Å². The van der Waals surface area contributed by atoms with E-state index < -0.39 is 23.3 Å². The van der Waals surface area contributed by atoms with Gasteiger partial charge in [-0.2, -0.15) is 0 Å². The van der Waals surface area contributed by atoms with Crippen LogP contribution in [0.25, 0.3) is 0 Å². The summed E-state index contributed by atoms with van der Waals surface area (Å²) < 4.78 is 11.5. The van der Waals surface area contributed by atoms with Crippen LogP contribution < -0.4 is 15.2 Å². The zero-order valence-corrected chi connectivity index (χ0v) is 22.4. The van der Waals surface area contributed by atoms with Crippen LogP contribution in [0.4, 0.5) is 0 Å². The molecule has 1 saturated carbocycles. The molecule has 0 spiro atoms. The van der Waals surface area contributed by atoms with Crippen LogP contribution in [0.3, 0.4) is 0 Å². The van der Waals surface area contributed by atoms with Gasteiger partial charge in [0.05, 0.1) is 17.5 Å². The Kier molecular flexibility index (Phi) is 8.82. The number of nitrogens with two attached hydrogens (primary N) is 1. The van der Waals surface area contributed by atoms with Crippen LogP contribution >= 0.6 is 0 Å². The molecule has 0 heterocycles. The fraction of sp³-hybridized carbons (Fsp3) is 0.344. The van der Waals surface area contributed by atoms with Gasteiger partial charge < -0.3 is 20.3 Å². The van der Waals surface area contributed by atoms with Crippen LogP contribution in [0.15, 0.2) is 66.7 Å². The quantitative estimate of drug-likeness (QED) is 0.250. The Morgan fingerprint density at radius 2 is 1.31 bits per heavy atom. The minimum atomic E-state index is -0.856. The number of hydrogen-bond acceptors (Lipinski definition) is 6. The molecule has 3 N–H and O–H groups in total. The molecule has 204 valence electrons. The molecule has 3 aromatic carbocycles. The monoisotopic (exact) mass is 529 g/mol. The van der Waals surface area contributed by atoms with Crippen molar-refractivity contribution in [2.75, 3.05) is 6.54 Å². The number of carboxylic acid groups (broad SMARTS) is 1. The Hall–Kier alpha value is -3.97. The van der Waals surface area contributed by atoms with Crippen molar-refractivity contribution in [2.24, 2.45) is 11.1 Å². The van der Waals surface area contributed by atoms with Crippen LogP contribution in [-0.4, -0.2) is 29.6 Å². The van der Waals surface area contributed by atoms with Crippen molar-refractivity contribution < 1.29 is 29.0 Å². The SMILES string of the molecule is Cc1ccc(C(=O)Oc2ccc(C(CN)C3(CC(=O)O)CCCCC3)cc2OC(=O)c2ccc(C)cc2)cc1. The first-order valence-corrected chi connectivity index (χ1v) is 13.3. The highest BCUT2D eigenvalue weighted by Gasteiger charge is 2.42. The van der Waals surface area contributed by atoms with E-state index in [0.29, 0.717) is 11.1 Å². The minimum absolute atomic E-state index is 0.0114. The van der Waals surface area contributed by atoms with Crippen LogP contribution in [0.5, 0.6) is 11.5 Å². The first-order chi connectivity index (χ1) is 18.7. The second-order valence-corrected chi connectivity index (χ2v) is 10.5. The third kappa shape index (κ3) is 6.73. The third-order valence-electron chi connectivity index (χ3n) is 7.68. The summed E-state index contributed by atoms with van der Waals surface area (Å²) in [6.07, 6.45) is 4.45. The van der Waals surface area contributed by atoms with Crippen molar-refractivity contribution in [2.45, 2.75) is 58.3 Å². The lowest BCUT2D eigenvalue weighted by Crippen LogP contribution is -2.37. The maximum Gasteiger partial charge on any atom is 0.343 e. The average Bonchev–Trinajstić information content (AvgIpc) is 2.91. The Bertz CT molecular complexity index is 1320. The lowest BCUT2D eigenvalue weighted by molar-refractivity contribution is -0.140. The average molecular weight is 530 g/mol. The van der Waals surface area contributed by atoms with E-state index in [1.807, 2.05) is 38.1 Å². The van der Waals surface area contributed by atoms with Crippen LogP contribution in [0.1, 0.15) is 81.8 Å². The molecule has 0 bridgehead atoms. The molecule has 7 nitrogen and oxygen atoms in total. The molecule has 1 aliphatic rings. The molecule has 1 atom stereocenters. The molecule has 3 aromatic rings. The zero-order chi connectivity index (χ0) is 28.0. The van der Waals surface area contributed by atoms with Gasteiger partial charge in [0.15, 0.2) is 11.5 Å². The van der Waals surface area contributed by atoms with Gasteiger partial charge in [0.2, 0.25) is 0 Å². The first kappa shape index (κ1) is 28.0. The Labute approximate surface area is 228 Å². The number of esters is 2. The van der Waals surface area contributed by atoms with Crippen LogP contribution in [-0.2, 0) is 4.79 Å². The van der Waals surface area contributed by atoms with Crippen LogP contribution in [0, 0.1) is 19.3 Å². The van der Waals surface area contributed by atoms with Gasteiger partial charge in [0, 0.05) is 5.92 Å². The second-order valence-electron chi connectivity index (χ2n) is 10.5. The number of aryl methyl sites for hydroxylation is 2. The number of carboxylic acids is 1. The number of rotatable bonds is 9. The van der Waals surface area contributed by atoms with Gasteiger partial charge in [0.25, 0.3) is 0 Å². The summed E-state index contributed by atoms with van der Waals surface area (Å²) in [4.78, 5) is 37.9. The smallest absolute Gasteiger partial charge is 0.343 e. The van der Waals surface area contributed by atoms with Crippen molar-refractivity contribution in [1.29, 1.82) is 0 Å². The number of carbonyl (C=O) groups is 3.